The van der Waals surface area contributed by atoms with Gasteiger partial charge in [-0.15, -0.1) is 0 Å². The molecule has 1 saturated heterocycles. The molecule has 2 atom stereocenters. The molecule has 4 heterocycles. The van der Waals surface area contributed by atoms with E-state index in [2.05, 4.69) is 25.0 Å². The van der Waals surface area contributed by atoms with Gasteiger partial charge < -0.3 is 24.3 Å². The topological polar surface area (TPSA) is 94.4 Å². The molecule has 12 heteroatoms. The first-order valence-corrected chi connectivity index (χ1v) is 11.4. The van der Waals surface area contributed by atoms with Crippen LogP contribution in [-0.4, -0.2) is 63.2 Å². The quantitative estimate of drug-likeness (QED) is 0.499. The molecule has 36 heavy (non-hydrogen) atoms. The molecule has 1 aliphatic rings. The number of hydrogen-bond acceptors (Lipinski definition) is 7. The number of amides is 1. The fourth-order valence-electron chi connectivity index (χ4n) is 4.25. The molecule has 1 aliphatic heterocycles. The average Bonchev–Trinajstić information content (AvgIpc) is 3.44. The Morgan fingerprint density at radius 3 is 2.75 bits per heavy atom. The predicted octanol–water partition coefficient (Wildman–Crippen LogP) is 3.75. The summed E-state index contributed by atoms with van der Waals surface area (Å²) >= 11 is 0. The number of carbonyl (C=O) groups excluding carboxylic acids is 1. The number of aryl methyl sites for hydroxylation is 2. The van der Waals surface area contributed by atoms with Gasteiger partial charge in [0.25, 0.3) is 0 Å². The average molecular weight is 505 g/mol. The molecule has 192 valence electrons. The monoisotopic (exact) mass is 504 g/mol. The maximum Gasteiger partial charge on any atom is 0.389 e. The Morgan fingerprint density at radius 1 is 1.28 bits per heavy atom. The van der Waals surface area contributed by atoms with E-state index in [9.17, 15) is 18.0 Å². The molecular formula is C24H27F3N6O3. The van der Waals surface area contributed by atoms with Crippen LogP contribution in [0.15, 0.2) is 30.6 Å². The zero-order chi connectivity index (χ0) is 26.0. The maximum absolute atomic E-state index is 14.3. The Bertz CT molecular complexity index is 1250. The fraction of sp³-hybridized carbons (Fsp3) is 0.417. The molecule has 1 N–H and O–H groups in total. The number of nitrogens with zero attached hydrogens (tertiary/aromatic N) is 5. The van der Waals surface area contributed by atoms with E-state index in [1.807, 2.05) is 0 Å². The first kappa shape index (κ1) is 25.3. The van der Waals surface area contributed by atoms with Crippen LogP contribution in [0.5, 0.6) is 11.9 Å². The third kappa shape index (κ3) is 5.37. The standard InChI is InChI=1S/C24H27F3N6O3/c1-13(17-9-21(35-4)28-10-18(17)25)22(34)33-8-7-15(11-33)30-20-6-5-16(14(2)29-20)19-12-32(3)24(31-19)36-23(26)27/h5-6,9-10,12-13,15,23H,7-8,11H2,1-4H3,(H,29,30)/t13-,15+/m1/s1. The first-order valence-electron chi connectivity index (χ1n) is 11.4. The molecule has 0 aromatic carbocycles. The van der Waals surface area contributed by atoms with Crippen molar-refractivity contribution in [2.24, 2.45) is 7.05 Å². The molecule has 0 bridgehead atoms. The van der Waals surface area contributed by atoms with Crippen molar-refractivity contribution < 1.29 is 27.4 Å². The number of likely N-dealkylation sites (tertiary alicyclic amines) is 1. The van der Waals surface area contributed by atoms with Gasteiger partial charge >= 0.3 is 12.6 Å². The van der Waals surface area contributed by atoms with E-state index in [-0.39, 0.29) is 29.4 Å². The molecular weight excluding hydrogens is 477 g/mol. The Kier molecular flexibility index (Phi) is 7.32. The van der Waals surface area contributed by atoms with Crippen molar-refractivity contribution in [1.29, 1.82) is 0 Å². The maximum atomic E-state index is 14.3. The van der Waals surface area contributed by atoms with E-state index in [4.69, 9.17) is 4.74 Å². The molecule has 0 spiro atoms. The largest absolute Gasteiger partial charge is 0.481 e. The van der Waals surface area contributed by atoms with Crippen LogP contribution in [0.1, 0.15) is 30.5 Å². The molecule has 4 rings (SSSR count). The predicted molar refractivity (Wildman–Crippen MR) is 126 cm³/mol. The number of methoxy groups -OCH3 is 1. The van der Waals surface area contributed by atoms with Crippen molar-refractivity contribution in [3.8, 4) is 23.1 Å². The lowest BCUT2D eigenvalue weighted by molar-refractivity contribution is -0.131. The van der Waals surface area contributed by atoms with Crippen LogP contribution >= 0.6 is 0 Å². The van der Waals surface area contributed by atoms with Crippen molar-refractivity contribution in [2.75, 3.05) is 25.5 Å². The minimum Gasteiger partial charge on any atom is -0.481 e. The van der Waals surface area contributed by atoms with Gasteiger partial charge in [-0.05, 0) is 32.4 Å². The second-order valence-corrected chi connectivity index (χ2v) is 8.61. The molecule has 0 radical (unpaired) electrons. The molecule has 0 unspecified atom stereocenters. The number of nitrogens with one attached hydrogen (secondary N) is 1. The highest BCUT2D eigenvalue weighted by Crippen LogP contribution is 2.28. The number of halogens is 3. The van der Waals surface area contributed by atoms with Crippen molar-refractivity contribution in [2.45, 2.75) is 38.8 Å². The van der Waals surface area contributed by atoms with E-state index < -0.39 is 18.3 Å². The molecule has 9 nitrogen and oxygen atoms in total. The Hall–Kier alpha value is -3.83. The van der Waals surface area contributed by atoms with E-state index >= 15 is 0 Å². The Morgan fingerprint density at radius 2 is 2.06 bits per heavy atom. The first-order chi connectivity index (χ1) is 17.2. The molecule has 1 amide bonds. The number of pyridine rings is 2. The third-order valence-corrected chi connectivity index (χ3v) is 6.15. The molecule has 0 saturated carbocycles. The van der Waals surface area contributed by atoms with E-state index in [1.165, 1.54) is 17.7 Å². The minimum atomic E-state index is -2.96. The van der Waals surface area contributed by atoms with Gasteiger partial charge in [0.1, 0.15) is 11.6 Å². The number of alkyl halides is 2. The summed E-state index contributed by atoms with van der Waals surface area (Å²) in [6, 6.07) is 4.81. The van der Waals surface area contributed by atoms with E-state index in [0.29, 0.717) is 42.3 Å². The van der Waals surface area contributed by atoms with Gasteiger partial charge in [0, 0.05) is 55.3 Å². The zero-order valence-electron chi connectivity index (χ0n) is 20.3. The fourth-order valence-corrected chi connectivity index (χ4v) is 4.25. The van der Waals surface area contributed by atoms with Crippen LogP contribution < -0.4 is 14.8 Å². The summed E-state index contributed by atoms with van der Waals surface area (Å²) in [5.41, 5.74) is 2.06. The van der Waals surface area contributed by atoms with Crippen LogP contribution in [0.25, 0.3) is 11.3 Å². The number of imidazole rings is 1. The van der Waals surface area contributed by atoms with Crippen molar-refractivity contribution in [3.63, 3.8) is 0 Å². The lowest BCUT2D eigenvalue weighted by Crippen LogP contribution is -2.34. The van der Waals surface area contributed by atoms with Gasteiger partial charge in [0.15, 0.2) is 0 Å². The van der Waals surface area contributed by atoms with Crippen molar-refractivity contribution in [1.82, 2.24) is 24.4 Å². The van der Waals surface area contributed by atoms with Crippen molar-refractivity contribution >= 4 is 11.7 Å². The Balaban J connectivity index is 1.40. The number of hydrogen-bond donors (Lipinski definition) is 1. The zero-order valence-corrected chi connectivity index (χ0v) is 20.3. The molecule has 1 fully saturated rings. The lowest BCUT2D eigenvalue weighted by Gasteiger charge is -2.22. The highest BCUT2D eigenvalue weighted by atomic mass is 19.3. The van der Waals surface area contributed by atoms with Gasteiger partial charge in [0.05, 0.1) is 24.9 Å². The number of anilines is 1. The third-order valence-electron chi connectivity index (χ3n) is 6.15. The highest BCUT2D eigenvalue weighted by Gasteiger charge is 2.31. The van der Waals surface area contributed by atoms with Crippen LogP contribution in [-0.2, 0) is 11.8 Å². The van der Waals surface area contributed by atoms with Crippen LogP contribution in [0.3, 0.4) is 0 Å². The summed E-state index contributed by atoms with van der Waals surface area (Å²) in [6.45, 7) is 1.48. The normalized spacial score (nSPS) is 16.3. The van der Waals surface area contributed by atoms with Gasteiger partial charge in [-0.3, -0.25) is 4.79 Å². The molecule has 3 aromatic heterocycles. The van der Waals surface area contributed by atoms with Crippen LogP contribution in [0.4, 0.5) is 19.0 Å². The smallest absolute Gasteiger partial charge is 0.389 e. The van der Waals surface area contributed by atoms with Crippen LogP contribution in [0.2, 0.25) is 0 Å². The summed E-state index contributed by atoms with van der Waals surface area (Å²) in [5, 5.41) is 3.34. The summed E-state index contributed by atoms with van der Waals surface area (Å²) in [7, 11) is 3.01. The number of aromatic nitrogens is 4. The SMILES string of the molecule is COc1cc([C@@H](C)C(=O)N2CC[C@H](Nc3ccc(-c4cn(C)c(OC(F)F)n4)c(C)n3)C2)c(F)cn1. The van der Waals surface area contributed by atoms with E-state index in [0.717, 1.165) is 6.20 Å². The summed E-state index contributed by atoms with van der Waals surface area (Å²) in [4.78, 5) is 27.3. The molecule has 0 aliphatic carbocycles. The summed E-state index contributed by atoms with van der Waals surface area (Å²) < 4.78 is 50.2. The second kappa shape index (κ2) is 10.4. The van der Waals surface area contributed by atoms with Gasteiger partial charge in [-0.2, -0.15) is 13.8 Å². The Labute approximate surface area is 206 Å². The van der Waals surface area contributed by atoms with Crippen molar-refractivity contribution in [3.05, 3.63) is 47.7 Å². The number of ether oxygens (including phenoxy) is 2. The number of carbonyl (C=O) groups is 1. The van der Waals surface area contributed by atoms with Gasteiger partial charge in [-0.25, -0.2) is 14.4 Å². The van der Waals surface area contributed by atoms with E-state index in [1.54, 1.807) is 44.1 Å². The number of rotatable bonds is 8. The van der Waals surface area contributed by atoms with Gasteiger partial charge in [-0.1, -0.05) is 0 Å². The summed E-state index contributed by atoms with van der Waals surface area (Å²) in [5.74, 6) is -0.541. The lowest BCUT2D eigenvalue weighted by atomic mass is 10.0. The van der Waals surface area contributed by atoms with Gasteiger partial charge in [0.2, 0.25) is 11.8 Å². The highest BCUT2D eigenvalue weighted by molar-refractivity contribution is 5.83. The second-order valence-electron chi connectivity index (χ2n) is 8.61. The van der Waals surface area contributed by atoms with Crippen LogP contribution in [0, 0.1) is 12.7 Å². The minimum absolute atomic E-state index is 0.0309. The summed E-state index contributed by atoms with van der Waals surface area (Å²) in [6.07, 6.45) is 3.36. The molecule has 3 aromatic rings.